The number of carboxylic acid groups (broad SMARTS) is 1. The zero-order chi connectivity index (χ0) is 14.0. The first-order valence-electron chi connectivity index (χ1n) is 5.90. The van der Waals surface area contributed by atoms with E-state index in [1.807, 2.05) is 0 Å². The Morgan fingerprint density at radius 2 is 2.16 bits per heavy atom. The molecule has 0 aromatic carbocycles. The zero-order valence-corrected chi connectivity index (χ0v) is 10.8. The van der Waals surface area contributed by atoms with Crippen LogP contribution in [0.15, 0.2) is 6.20 Å². The third kappa shape index (κ3) is 2.81. The highest BCUT2D eigenvalue weighted by Crippen LogP contribution is 2.22. The first-order chi connectivity index (χ1) is 9.01. The van der Waals surface area contributed by atoms with E-state index in [1.54, 1.807) is 4.90 Å². The standard InChI is InChI=1S/C12H15N3O4/c1-7(12(17)18)3-11(16)15-5-8-9(6-15)14-10(19-2)4-13-8/h4,7H,3,5-6H2,1-2H3,(H,17,18)/t7-/m0/s1. The van der Waals surface area contributed by atoms with Crippen LogP contribution in [0.25, 0.3) is 0 Å². The molecule has 7 nitrogen and oxygen atoms in total. The maximum Gasteiger partial charge on any atom is 0.306 e. The van der Waals surface area contributed by atoms with Crippen molar-refractivity contribution >= 4 is 11.9 Å². The summed E-state index contributed by atoms with van der Waals surface area (Å²) in [5.41, 5.74) is 1.44. The summed E-state index contributed by atoms with van der Waals surface area (Å²) in [5.74, 6) is -1.45. The Hall–Kier alpha value is -2.18. The Balaban J connectivity index is 2.03. The van der Waals surface area contributed by atoms with E-state index < -0.39 is 11.9 Å². The van der Waals surface area contributed by atoms with E-state index in [0.29, 0.717) is 24.7 Å². The summed E-state index contributed by atoms with van der Waals surface area (Å²) in [6.07, 6.45) is 1.49. The lowest BCUT2D eigenvalue weighted by Crippen LogP contribution is -2.28. The van der Waals surface area contributed by atoms with E-state index >= 15 is 0 Å². The molecule has 0 saturated carbocycles. The zero-order valence-electron chi connectivity index (χ0n) is 10.8. The van der Waals surface area contributed by atoms with Gasteiger partial charge in [-0.3, -0.25) is 14.6 Å². The highest BCUT2D eigenvalue weighted by atomic mass is 16.5. The number of ether oxygens (including phenoxy) is 1. The molecule has 1 aromatic heterocycles. The quantitative estimate of drug-likeness (QED) is 0.849. The summed E-state index contributed by atoms with van der Waals surface area (Å²) in [4.78, 5) is 32.7. The van der Waals surface area contributed by atoms with Crippen molar-refractivity contribution in [3.05, 3.63) is 17.6 Å². The highest BCUT2D eigenvalue weighted by Gasteiger charge is 2.28. The van der Waals surface area contributed by atoms with Gasteiger partial charge in [0.15, 0.2) is 0 Å². The van der Waals surface area contributed by atoms with Crippen molar-refractivity contribution in [2.45, 2.75) is 26.4 Å². The van der Waals surface area contributed by atoms with Gasteiger partial charge in [-0.05, 0) is 0 Å². The average Bonchev–Trinajstić information content (AvgIpc) is 2.81. The molecule has 19 heavy (non-hydrogen) atoms. The molecule has 1 aromatic rings. The van der Waals surface area contributed by atoms with Crippen LogP contribution in [0.1, 0.15) is 24.7 Å². The maximum absolute atomic E-state index is 12.0. The molecule has 2 heterocycles. The third-order valence-electron chi connectivity index (χ3n) is 3.05. The molecular weight excluding hydrogens is 250 g/mol. The second kappa shape index (κ2) is 5.21. The van der Waals surface area contributed by atoms with Crippen LogP contribution in [0.5, 0.6) is 5.88 Å². The average molecular weight is 265 g/mol. The SMILES string of the molecule is COc1cnc2c(n1)CN(C(=O)C[C@H](C)C(=O)O)C2. The van der Waals surface area contributed by atoms with E-state index in [-0.39, 0.29) is 12.3 Å². The summed E-state index contributed by atoms with van der Waals surface area (Å²) in [5, 5.41) is 8.80. The largest absolute Gasteiger partial charge is 0.481 e. The number of carbonyl (C=O) groups is 2. The van der Waals surface area contributed by atoms with E-state index in [2.05, 4.69) is 9.97 Å². The lowest BCUT2D eigenvalue weighted by molar-refractivity contribution is -0.145. The van der Waals surface area contributed by atoms with Crippen LogP contribution in [0, 0.1) is 5.92 Å². The van der Waals surface area contributed by atoms with Gasteiger partial charge in [0.2, 0.25) is 11.8 Å². The first-order valence-corrected chi connectivity index (χ1v) is 5.90. The van der Waals surface area contributed by atoms with Gasteiger partial charge in [-0.25, -0.2) is 4.98 Å². The minimum atomic E-state index is -0.969. The fourth-order valence-corrected chi connectivity index (χ4v) is 1.86. The van der Waals surface area contributed by atoms with Gasteiger partial charge in [-0.15, -0.1) is 0 Å². The van der Waals surface area contributed by atoms with Crippen molar-refractivity contribution in [3.8, 4) is 5.88 Å². The van der Waals surface area contributed by atoms with Crippen molar-refractivity contribution in [2.75, 3.05) is 7.11 Å². The summed E-state index contributed by atoms with van der Waals surface area (Å²) in [6, 6.07) is 0. The fourth-order valence-electron chi connectivity index (χ4n) is 1.86. The van der Waals surface area contributed by atoms with Gasteiger partial charge >= 0.3 is 5.97 Å². The summed E-state index contributed by atoms with van der Waals surface area (Å²) in [6.45, 7) is 2.24. The number of fused-ring (bicyclic) bond motifs is 1. The van der Waals surface area contributed by atoms with Crippen LogP contribution >= 0.6 is 0 Å². The van der Waals surface area contributed by atoms with Gasteiger partial charge < -0.3 is 14.7 Å². The minimum Gasteiger partial charge on any atom is -0.481 e. The van der Waals surface area contributed by atoms with Crippen LogP contribution in [-0.4, -0.2) is 39.0 Å². The van der Waals surface area contributed by atoms with Crippen molar-refractivity contribution in [3.63, 3.8) is 0 Å². The molecule has 0 aliphatic carbocycles. The molecule has 0 spiro atoms. The van der Waals surface area contributed by atoms with Crippen LogP contribution < -0.4 is 4.74 Å². The summed E-state index contributed by atoms with van der Waals surface area (Å²) >= 11 is 0. The van der Waals surface area contributed by atoms with Crippen LogP contribution in [-0.2, 0) is 22.7 Å². The Morgan fingerprint density at radius 1 is 1.47 bits per heavy atom. The molecular formula is C12H15N3O4. The predicted octanol–water partition coefficient (Wildman–Crippen LogP) is 0.438. The second-order valence-electron chi connectivity index (χ2n) is 4.50. The molecule has 1 amide bonds. The molecule has 1 aliphatic heterocycles. The Bertz CT molecular complexity index is 518. The van der Waals surface area contributed by atoms with Crippen molar-refractivity contribution in [2.24, 2.45) is 5.92 Å². The Labute approximate surface area is 110 Å². The van der Waals surface area contributed by atoms with E-state index in [4.69, 9.17) is 9.84 Å². The van der Waals surface area contributed by atoms with Crippen molar-refractivity contribution in [1.82, 2.24) is 14.9 Å². The molecule has 1 N–H and O–H groups in total. The number of aliphatic carboxylic acids is 1. The normalized spacial score (nSPS) is 14.9. The molecule has 0 unspecified atom stereocenters. The van der Waals surface area contributed by atoms with E-state index in [0.717, 1.165) is 5.69 Å². The number of nitrogens with zero attached hydrogens (tertiary/aromatic N) is 3. The number of aromatic nitrogens is 2. The number of hydrogen-bond donors (Lipinski definition) is 1. The van der Waals surface area contributed by atoms with E-state index in [9.17, 15) is 9.59 Å². The second-order valence-corrected chi connectivity index (χ2v) is 4.50. The Kier molecular flexibility index (Phi) is 3.64. The minimum absolute atomic E-state index is 0.0134. The molecule has 0 radical (unpaired) electrons. The van der Waals surface area contributed by atoms with E-state index in [1.165, 1.54) is 20.2 Å². The van der Waals surface area contributed by atoms with Crippen LogP contribution in [0.2, 0.25) is 0 Å². The molecule has 102 valence electrons. The predicted molar refractivity (Wildman–Crippen MR) is 64.3 cm³/mol. The highest BCUT2D eigenvalue weighted by molar-refractivity contribution is 5.82. The first kappa shape index (κ1) is 13.3. The molecule has 1 aliphatic rings. The number of hydrogen-bond acceptors (Lipinski definition) is 5. The van der Waals surface area contributed by atoms with Gasteiger partial charge in [0.1, 0.15) is 0 Å². The van der Waals surface area contributed by atoms with Gasteiger partial charge in [-0.1, -0.05) is 6.92 Å². The van der Waals surface area contributed by atoms with Crippen LogP contribution in [0.4, 0.5) is 0 Å². The molecule has 0 fully saturated rings. The van der Waals surface area contributed by atoms with Crippen LogP contribution in [0.3, 0.4) is 0 Å². The van der Waals surface area contributed by atoms with Gasteiger partial charge in [0, 0.05) is 6.42 Å². The number of rotatable bonds is 4. The summed E-state index contributed by atoms with van der Waals surface area (Å²) < 4.78 is 4.98. The van der Waals surface area contributed by atoms with Crippen molar-refractivity contribution < 1.29 is 19.4 Å². The maximum atomic E-state index is 12.0. The molecule has 7 heteroatoms. The smallest absolute Gasteiger partial charge is 0.306 e. The topological polar surface area (TPSA) is 92.6 Å². The number of carboxylic acids is 1. The monoisotopic (exact) mass is 265 g/mol. The van der Waals surface area contributed by atoms with Gasteiger partial charge in [0.05, 0.1) is 43.7 Å². The molecule has 0 saturated heterocycles. The number of methoxy groups -OCH3 is 1. The molecule has 1 atom stereocenters. The molecule has 0 bridgehead atoms. The molecule has 2 rings (SSSR count). The lowest BCUT2D eigenvalue weighted by Gasteiger charge is -2.16. The fraction of sp³-hybridized carbons (Fsp3) is 0.500. The number of carbonyl (C=O) groups excluding carboxylic acids is 1. The third-order valence-corrected chi connectivity index (χ3v) is 3.05. The van der Waals surface area contributed by atoms with Crippen molar-refractivity contribution in [1.29, 1.82) is 0 Å². The van der Waals surface area contributed by atoms with Gasteiger partial charge in [0.25, 0.3) is 0 Å². The number of amides is 1. The Morgan fingerprint density at radius 3 is 2.79 bits per heavy atom. The van der Waals surface area contributed by atoms with Gasteiger partial charge in [-0.2, -0.15) is 0 Å². The lowest BCUT2D eigenvalue weighted by atomic mass is 10.1. The summed E-state index contributed by atoms with van der Waals surface area (Å²) in [7, 11) is 1.50.